The van der Waals surface area contributed by atoms with Crippen LogP contribution in [-0.4, -0.2) is 24.0 Å². The molecular formula is C18H16F5NO2. The molecule has 0 heterocycles. The quantitative estimate of drug-likeness (QED) is 0.556. The SMILES string of the molecule is CCN(C(=O)COc1c(F)c(F)cc(F)c1F)C(C)c1ccc(F)cc1. The third-order valence-corrected chi connectivity index (χ3v) is 3.89. The molecule has 1 amide bonds. The van der Waals surface area contributed by atoms with Crippen molar-refractivity contribution in [2.75, 3.05) is 13.2 Å². The molecule has 0 saturated heterocycles. The zero-order chi connectivity index (χ0) is 19.4. The van der Waals surface area contributed by atoms with Gasteiger partial charge in [-0.3, -0.25) is 4.79 Å². The number of ether oxygens (including phenoxy) is 1. The molecule has 0 saturated carbocycles. The van der Waals surface area contributed by atoms with Crippen molar-refractivity contribution in [1.29, 1.82) is 0 Å². The normalized spacial score (nSPS) is 12.0. The number of carbonyl (C=O) groups excluding carboxylic acids is 1. The van der Waals surface area contributed by atoms with Gasteiger partial charge < -0.3 is 9.64 Å². The minimum Gasteiger partial charge on any atom is -0.477 e. The van der Waals surface area contributed by atoms with Gasteiger partial charge in [0.05, 0.1) is 6.04 Å². The molecule has 1 atom stereocenters. The molecule has 2 rings (SSSR count). The van der Waals surface area contributed by atoms with Crippen LogP contribution < -0.4 is 4.74 Å². The third-order valence-electron chi connectivity index (χ3n) is 3.89. The van der Waals surface area contributed by atoms with E-state index in [-0.39, 0.29) is 12.6 Å². The largest absolute Gasteiger partial charge is 0.477 e. The van der Waals surface area contributed by atoms with E-state index in [4.69, 9.17) is 4.74 Å². The molecule has 2 aromatic carbocycles. The molecule has 0 aliphatic carbocycles. The summed E-state index contributed by atoms with van der Waals surface area (Å²) in [5.74, 6) is -9.07. The monoisotopic (exact) mass is 373 g/mol. The van der Waals surface area contributed by atoms with Crippen molar-refractivity contribution < 1.29 is 31.5 Å². The lowest BCUT2D eigenvalue weighted by molar-refractivity contribution is -0.135. The Morgan fingerprint density at radius 3 is 2.08 bits per heavy atom. The first kappa shape index (κ1) is 19.7. The molecule has 0 aromatic heterocycles. The van der Waals surface area contributed by atoms with E-state index in [0.29, 0.717) is 5.56 Å². The van der Waals surface area contributed by atoms with Crippen molar-refractivity contribution in [3.05, 3.63) is 65.0 Å². The van der Waals surface area contributed by atoms with E-state index in [1.54, 1.807) is 13.8 Å². The number of benzene rings is 2. The van der Waals surface area contributed by atoms with Crippen molar-refractivity contribution >= 4 is 5.91 Å². The molecule has 2 aromatic rings. The van der Waals surface area contributed by atoms with Crippen molar-refractivity contribution in [1.82, 2.24) is 4.90 Å². The van der Waals surface area contributed by atoms with E-state index in [2.05, 4.69) is 0 Å². The van der Waals surface area contributed by atoms with Gasteiger partial charge in [-0.2, -0.15) is 8.78 Å². The predicted octanol–water partition coefficient (Wildman–Crippen LogP) is 4.37. The molecular weight excluding hydrogens is 357 g/mol. The molecule has 0 N–H and O–H groups in total. The molecule has 8 heteroatoms. The maximum atomic E-state index is 13.6. The van der Waals surface area contributed by atoms with E-state index in [1.807, 2.05) is 0 Å². The fourth-order valence-corrected chi connectivity index (χ4v) is 2.48. The van der Waals surface area contributed by atoms with Crippen LogP contribution in [0.4, 0.5) is 22.0 Å². The minimum atomic E-state index is -1.72. The maximum absolute atomic E-state index is 13.6. The number of likely N-dealkylation sites (N-methyl/N-ethyl adjacent to an activating group) is 1. The first-order chi connectivity index (χ1) is 12.3. The van der Waals surface area contributed by atoms with Crippen molar-refractivity contribution in [2.45, 2.75) is 19.9 Å². The Hall–Kier alpha value is -2.64. The summed E-state index contributed by atoms with van der Waals surface area (Å²) in [5, 5.41) is 0. The standard InChI is InChI=1S/C18H16F5NO2/c1-3-24(10(2)11-4-6-12(19)7-5-11)15(25)9-26-18-16(22)13(20)8-14(21)17(18)23/h4-8,10H,3,9H2,1-2H3. The van der Waals surface area contributed by atoms with Crippen LogP contribution in [0.3, 0.4) is 0 Å². The van der Waals surface area contributed by atoms with Crippen molar-refractivity contribution in [2.24, 2.45) is 0 Å². The summed E-state index contributed by atoms with van der Waals surface area (Å²) >= 11 is 0. The number of nitrogens with zero attached hydrogens (tertiary/aromatic N) is 1. The first-order valence-electron chi connectivity index (χ1n) is 7.77. The Balaban J connectivity index is 2.14. The van der Waals surface area contributed by atoms with Gasteiger partial charge in [0.2, 0.25) is 11.6 Å². The first-order valence-corrected chi connectivity index (χ1v) is 7.77. The van der Waals surface area contributed by atoms with Crippen LogP contribution in [-0.2, 0) is 4.79 Å². The summed E-state index contributed by atoms with van der Waals surface area (Å²) in [7, 11) is 0. The second kappa shape index (κ2) is 8.16. The lowest BCUT2D eigenvalue weighted by atomic mass is 10.1. The van der Waals surface area contributed by atoms with Gasteiger partial charge in [0.15, 0.2) is 24.0 Å². The molecule has 3 nitrogen and oxygen atoms in total. The Morgan fingerprint density at radius 2 is 1.58 bits per heavy atom. The van der Waals surface area contributed by atoms with Crippen LogP contribution in [0.2, 0.25) is 0 Å². The Morgan fingerprint density at radius 1 is 1.04 bits per heavy atom. The van der Waals surface area contributed by atoms with Crippen LogP contribution in [0.25, 0.3) is 0 Å². The summed E-state index contributed by atoms with van der Waals surface area (Å²) in [6.07, 6.45) is 0. The number of amides is 1. The Labute approximate surface area is 147 Å². The van der Waals surface area contributed by atoms with Crippen LogP contribution in [0.5, 0.6) is 5.75 Å². The molecule has 1 unspecified atom stereocenters. The number of carbonyl (C=O) groups is 1. The molecule has 0 spiro atoms. The average Bonchev–Trinajstić information content (AvgIpc) is 2.61. The second-order valence-corrected chi connectivity index (χ2v) is 5.49. The van der Waals surface area contributed by atoms with Crippen LogP contribution >= 0.6 is 0 Å². The summed E-state index contributed by atoms with van der Waals surface area (Å²) in [6, 6.07) is 5.04. The third kappa shape index (κ3) is 4.12. The summed E-state index contributed by atoms with van der Waals surface area (Å²) in [5.41, 5.74) is 0.635. The Kier molecular flexibility index (Phi) is 6.18. The number of hydrogen-bond donors (Lipinski definition) is 0. The van der Waals surface area contributed by atoms with E-state index >= 15 is 0 Å². The summed E-state index contributed by atoms with van der Waals surface area (Å²) < 4.78 is 71.2. The number of hydrogen-bond acceptors (Lipinski definition) is 2. The van der Waals surface area contributed by atoms with Gasteiger partial charge in [-0.15, -0.1) is 0 Å². The summed E-state index contributed by atoms with van der Waals surface area (Å²) in [6.45, 7) is 2.75. The molecule has 0 radical (unpaired) electrons. The maximum Gasteiger partial charge on any atom is 0.261 e. The predicted molar refractivity (Wildman–Crippen MR) is 84.0 cm³/mol. The zero-order valence-corrected chi connectivity index (χ0v) is 14.0. The van der Waals surface area contributed by atoms with Gasteiger partial charge in [0.1, 0.15) is 5.82 Å². The molecule has 0 aliphatic rings. The van der Waals surface area contributed by atoms with Crippen molar-refractivity contribution in [3.63, 3.8) is 0 Å². The lowest BCUT2D eigenvalue weighted by Crippen LogP contribution is -2.37. The lowest BCUT2D eigenvalue weighted by Gasteiger charge is -2.28. The molecule has 0 fully saturated rings. The highest BCUT2D eigenvalue weighted by atomic mass is 19.2. The van der Waals surface area contributed by atoms with Gasteiger partial charge in [-0.05, 0) is 31.5 Å². The van der Waals surface area contributed by atoms with Gasteiger partial charge in [0.25, 0.3) is 5.91 Å². The van der Waals surface area contributed by atoms with E-state index in [9.17, 15) is 26.7 Å². The van der Waals surface area contributed by atoms with Crippen LogP contribution in [0.1, 0.15) is 25.5 Å². The van der Waals surface area contributed by atoms with Crippen LogP contribution in [0.15, 0.2) is 30.3 Å². The zero-order valence-electron chi connectivity index (χ0n) is 14.0. The minimum absolute atomic E-state index is 0.0499. The fraction of sp³-hybridized carbons (Fsp3) is 0.278. The van der Waals surface area contributed by atoms with Gasteiger partial charge in [-0.25, -0.2) is 13.2 Å². The van der Waals surface area contributed by atoms with E-state index in [0.717, 1.165) is 0 Å². The highest BCUT2D eigenvalue weighted by Gasteiger charge is 2.24. The molecule has 0 bridgehead atoms. The Bertz CT molecular complexity index is 769. The van der Waals surface area contributed by atoms with Gasteiger partial charge >= 0.3 is 0 Å². The van der Waals surface area contributed by atoms with Gasteiger partial charge in [-0.1, -0.05) is 12.1 Å². The summed E-state index contributed by atoms with van der Waals surface area (Å²) in [4.78, 5) is 13.6. The van der Waals surface area contributed by atoms with E-state index in [1.165, 1.54) is 29.2 Å². The highest BCUT2D eigenvalue weighted by Crippen LogP contribution is 2.27. The van der Waals surface area contributed by atoms with E-state index < -0.39 is 53.4 Å². The molecule has 140 valence electrons. The van der Waals surface area contributed by atoms with Gasteiger partial charge in [0, 0.05) is 12.6 Å². The molecule has 0 aliphatic heterocycles. The number of rotatable bonds is 6. The second-order valence-electron chi connectivity index (χ2n) is 5.49. The average molecular weight is 373 g/mol. The number of halogens is 5. The fourth-order valence-electron chi connectivity index (χ4n) is 2.48. The molecule has 26 heavy (non-hydrogen) atoms. The smallest absolute Gasteiger partial charge is 0.261 e. The topological polar surface area (TPSA) is 29.5 Å². The van der Waals surface area contributed by atoms with Crippen LogP contribution in [0, 0.1) is 29.1 Å². The highest BCUT2D eigenvalue weighted by molar-refractivity contribution is 5.78. The van der Waals surface area contributed by atoms with Crippen molar-refractivity contribution in [3.8, 4) is 5.75 Å².